The molecule has 3 atom stereocenters. The molecule has 1 aromatic rings. The van der Waals surface area contributed by atoms with Gasteiger partial charge in [0.15, 0.2) is 0 Å². The van der Waals surface area contributed by atoms with Crippen LogP contribution < -0.4 is 5.32 Å². The number of benzene rings is 1. The van der Waals surface area contributed by atoms with Crippen LogP contribution in [0.25, 0.3) is 0 Å². The zero-order chi connectivity index (χ0) is 14.7. The Balaban J connectivity index is 1.81. The first-order valence-electron chi connectivity index (χ1n) is 8.00. The van der Waals surface area contributed by atoms with Gasteiger partial charge in [0.2, 0.25) is 0 Å². The van der Waals surface area contributed by atoms with Crippen molar-refractivity contribution < 1.29 is 9.84 Å². The van der Waals surface area contributed by atoms with E-state index >= 15 is 0 Å². The van der Waals surface area contributed by atoms with Crippen molar-refractivity contribution in [3.63, 3.8) is 0 Å². The summed E-state index contributed by atoms with van der Waals surface area (Å²) >= 11 is 0. The number of fused-ring (bicyclic) bond motifs is 1. The molecule has 0 amide bonds. The molecule has 0 spiro atoms. The molecule has 116 valence electrons. The van der Waals surface area contributed by atoms with E-state index in [0.717, 1.165) is 25.3 Å². The minimum absolute atomic E-state index is 0.0995. The lowest BCUT2D eigenvalue weighted by Gasteiger charge is -2.44. The van der Waals surface area contributed by atoms with Crippen LogP contribution in [0.3, 0.4) is 0 Å². The summed E-state index contributed by atoms with van der Waals surface area (Å²) < 4.78 is 5.90. The van der Waals surface area contributed by atoms with E-state index in [1.165, 1.54) is 19.3 Å². The molecule has 0 aromatic heterocycles. The Labute approximate surface area is 127 Å². The maximum absolute atomic E-state index is 10.1. The fraction of sp³-hybridized carbons (Fsp3) is 0.647. The highest BCUT2D eigenvalue weighted by molar-refractivity contribution is 5.25. The molecule has 0 radical (unpaired) electrons. The lowest BCUT2D eigenvalue weighted by atomic mass is 9.89. The molecule has 3 rings (SSSR count). The summed E-state index contributed by atoms with van der Waals surface area (Å²) in [5.41, 5.74) is 0.752. The average Bonchev–Trinajstić information content (AvgIpc) is 3.03. The second-order valence-electron chi connectivity index (χ2n) is 6.23. The molecule has 1 aromatic carbocycles. The van der Waals surface area contributed by atoms with E-state index in [0.29, 0.717) is 12.1 Å². The second kappa shape index (κ2) is 6.44. The number of nitrogens with zero attached hydrogens (tertiary/aromatic N) is 1. The quantitative estimate of drug-likeness (QED) is 0.859. The monoisotopic (exact) mass is 290 g/mol. The molecule has 0 bridgehead atoms. The summed E-state index contributed by atoms with van der Waals surface area (Å²) in [6.45, 7) is 2.69. The minimum atomic E-state index is -0.397. The molecular formula is C17H26N2O2. The van der Waals surface area contributed by atoms with Crippen LogP contribution in [0.2, 0.25) is 0 Å². The van der Waals surface area contributed by atoms with Gasteiger partial charge >= 0.3 is 0 Å². The molecule has 2 aliphatic rings. The molecule has 4 heteroatoms. The van der Waals surface area contributed by atoms with Crippen molar-refractivity contribution in [2.45, 2.75) is 36.9 Å². The Kier molecular flexibility index (Phi) is 4.60. The van der Waals surface area contributed by atoms with Gasteiger partial charge < -0.3 is 15.2 Å². The maximum Gasteiger partial charge on any atom is 0.0795 e. The van der Waals surface area contributed by atoms with Crippen molar-refractivity contribution in [3.8, 4) is 0 Å². The summed E-state index contributed by atoms with van der Waals surface area (Å²) in [5.74, 6) is 0. The fourth-order valence-corrected chi connectivity index (χ4v) is 3.84. The van der Waals surface area contributed by atoms with E-state index in [1.807, 2.05) is 25.2 Å². The first kappa shape index (κ1) is 15.0. The van der Waals surface area contributed by atoms with Gasteiger partial charge in [-0.3, -0.25) is 4.90 Å². The molecule has 3 unspecified atom stereocenters. The summed E-state index contributed by atoms with van der Waals surface area (Å²) in [4.78, 5) is 2.51. The van der Waals surface area contributed by atoms with Crippen LogP contribution in [0.15, 0.2) is 30.3 Å². The highest BCUT2D eigenvalue weighted by atomic mass is 16.5. The fourth-order valence-electron chi connectivity index (χ4n) is 3.84. The standard InChI is InChI=1S/C17H26N2O2/c1-18-17(13-20,14-6-3-2-4-7-14)12-19-10-11-21-16-9-5-8-15(16)19/h2-4,6-7,15-16,18,20H,5,8-13H2,1H3. The summed E-state index contributed by atoms with van der Waals surface area (Å²) in [6.07, 6.45) is 4.04. The van der Waals surface area contributed by atoms with Gasteiger partial charge in [0.1, 0.15) is 0 Å². The van der Waals surface area contributed by atoms with Gasteiger partial charge in [0.25, 0.3) is 0 Å². The Bertz CT molecular complexity index is 447. The average molecular weight is 290 g/mol. The topological polar surface area (TPSA) is 44.7 Å². The molecule has 1 saturated heterocycles. The second-order valence-corrected chi connectivity index (χ2v) is 6.23. The lowest BCUT2D eigenvalue weighted by Crippen LogP contribution is -2.58. The first-order chi connectivity index (χ1) is 10.3. The highest BCUT2D eigenvalue weighted by Gasteiger charge is 2.40. The molecule has 2 fully saturated rings. The number of rotatable bonds is 5. The van der Waals surface area contributed by atoms with Crippen molar-refractivity contribution in [1.29, 1.82) is 0 Å². The van der Waals surface area contributed by atoms with Gasteiger partial charge in [-0.05, 0) is 31.9 Å². The summed E-state index contributed by atoms with van der Waals surface area (Å²) in [6, 6.07) is 10.8. The Hall–Kier alpha value is -0.940. The number of ether oxygens (including phenoxy) is 1. The van der Waals surface area contributed by atoms with E-state index in [1.54, 1.807) is 0 Å². The van der Waals surface area contributed by atoms with Crippen LogP contribution >= 0.6 is 0 Å². The third-order valence-corrected chi connectivity index (χ3v) is 5.14. The number of morpholine rings is 1. The Morgan fingerprint density at radius 3 is 2.86 bits per heavy atom. The van der Waals surface area contributed by atoms with Gasteiger partial charge in [-0.15, -0.1) is 0 Å². The predicted molar refractivity (Wildman–Crippen MR) is 83.2 cm³/mol. The number of aliphatic hydroxyl groups excluding tert-OH is 1. The van der Waals surface area contributed by atoms with Crippen LogP contribution in [0.4, 0.5) is 0 Å². The third kappa shape index (κ3) is 2.86. The first-order valence-corrected chi connectivity index (χ1v) is 8.00. The summed E-state index contributed by atoms with van der Waals surface area (Å²) in [5, 5.41) is 13.5. The van der Waals surface area contributed by atoms with E-state index in [9.17, 15) is 5.11 Å². The van der Waals surface area contributed by atoms with Crippen LogP contribution in [0, 0.1) is 0 Å². The maximum atomic E-state index is 10.1. The number of aliphatic hydroxyl groups is 1. The number of nitrogens with one attached hydrogen (secondary N) is 1. The lowest BCUT2D eigenvalue weighted by molar-refractivity contribution is -0.0676. The summed E-state index contributed by atoms with van der Waals surface area (Å²) in [7, 11) is 1.94. The number of likely N-dealkylation sites (N-methyl/N-ethyl adjacent to an activating group) is 1. The van der Waals surface area contributed by atoms with E-state index in [-0.39, 0.29) is 6.61 Å². The van der Waals surface area contributed by atoms with Crippen molar-refractivity contribution in [1.82, 2.24) is 10.2 Å². The molecule has 2 N–H and O–H groups in total. The largest absolute Gasteiger partial charge is 0.394 e. The van der Waals surface area contributed by atoms with Gasteiger partial charge in [0, 0.05) is 19.1 Å². The molecule has 1 aliphatic carbocycles. The van der Waals surface area contributed by atoms with E-state index in [4.69, 9.17) is 4.74 Å². The highest BCUT2D eigenvalue weighted by Crippen LogP contribution is 2.32. The Morgan fingerprint density at radius 2 is 2.14 bits per heavy atom. The van der Waals surface area contributed by atoms with Gasteiger partial charge in [-0.25, -0.2) is 0 Å². The van der Waals surface area contributed by atoms with Crippen LogP contribution in [-0.4, -0.2) is 55.5 Å². The van der Waals surface area contributed by atoms with Crippen molar-refractivity contribution in [2.24, 2.45) is 0 Å². The number of hydrogen-bond acceptors (Lipinski definition) is 4. The van der Waals surface area contributed by atoms with Crippen LogP contribution in [0.1, 0.15) is 24.8 Å². The zero-order valence-corrected chi connectivity index (χ0v) is 12.8. The van der Waals surface area contributed by atoms with Crippen LogP contribution in [0.5, 0.6) is 0 Å². The third-order valence-electron chi connectivity index (χ3n) is 5.14. The minimum Gasteiger partial charge on any atom is -0.394 e. The van der Waals surface area contributed by atoms with Crippen molar-refractivity contribution in [3.05, 3.63) is 35.9 Å². The smallest absolute Gasteiger partial charge is 0.0795 e. The molecule has 4 nitrogen and oxygen atoms in total. The molecular weight excluding hydrogens is 264 g/mol. The van der Waals surface area contributed by atoms with E-state index < -0.39 is 5.54 Å². The van der Waals surface area contributed by atoms with Gasteiger partial charge in [-0.2, -0.15) is 0 Å². The Morgan fingerprint density at radius 1 is 1.33 bits per heavy atom. The van der Waals surface area contributed by atoms with Crippen molar-refractivity contribution >= 4 is 0 Å². The van der Waals surface area contributed by atoms with Gasteiger partial charge in [0.05, 0.1) is 24.9 Å². The predicted octanol–water partition coefficient (Wildman–Crippen LogP) is 1.35. The normalized spacial score (nSPS) is 29.0. The molecule has 21 heavy (non-hydrogen) atoms. The number of hydrogen-bond donors (Lipinski definition) is 2. The molecule has 1 saturated carbocycles. The van der Waals surface area contributed by atoms with Gasteiger partial charge in [-0.1, -0.05) is 30.3 Å². The zero-order valence-electron chi connectivity index (χ0n) is 12.8. The van der Waals surface area contributed by atoms with Crippen molar-refractivity contribution in [2.75, 3.05) is 33.4 Å². The molecule has 1 aliphatic heterocycles. The van der Waals surface area contributed by atoms with E-state index in [2.05, 4.69) is 22.3 Å². The SMILES string of the molecule is CNC(CO)(CN1CCOC2CCCC21)c1ccccc1. The molecule has 1 heterocycles. The van der Waals surface area contributed by atoms with Crippen LogP contribution in [-0.2, 0) is 10.3 Å².